The van der Waals surface area contributed by atoms with E-state index in [9.17, 15) is 0 Å². The molecule has 0 fully saturated rings. The lowest BCUT2D eigenvalue weighted by Crippen LogP contribution is -2.06. The summed E-state index contributed by atoms with van der Waals surface area (Å²) >= 11 is 1.76. The molecule has 0 spiro atoms. The maximum absolute atomic E-state index is 5.74. The van der Waals surface area contributed by atoms with Gasteiger partial charge in [-0.2, -0.15) is 0 Å². The quantitative estimate of drug-likeness (QED) is 0.815. The van der Waals surface area contributed by atoms with Crippen LogP contribution in [0, 0.1) is 5.92 Å². The molecule has 2 aromatic rings. The first kappa shape index (κ1) is 13.3. The Morgan fingerprint density at radius 2 is 2.22 bits per heavy atom. The second-order valence-corrected chi connectivity index (χ2v) is 5.91. The molecule has 98 valence electrons. The molecule has 0 saturated carbocycles. The summed E-state index contributed by atoms with van der Waals surface area (Å²) < 4.78 is 6.95. The molecule has 0 aliphatic rings. The van der Waals surface area contributed by atoms with Crippen LogP contribution in [0.15, 0.2) is 18.2 Å². The number of ether oxygens (including phenoxy) is 1. The molecule has 0 bridgehead atoms. The van der Waals surface area contributed by atoms with Crippen LogP contribution in [0.25, 0.3) is 10.2 Å². The highest BCUT2D eigenvalue weighted by atomic mass is 32.1. The number of benzene rings is 1. The second kappa shape index (κ2) is 6.16. The summed E-state index contributed by atoms with van der Waals surface area (Å²) in [6.07, 6.45) is 1.90. The number of hydrogen-bond donors (Lipinski definition) is 1. The standard InChI is InChI=1S/C14H20N2OS/c1-10(2)9-13-16-14-11(17-8-4-7-15)5-3-6-12(14)18-13/h3,5-6,10H,4,7-9,15H2,1-2H3. The van der Waals surface area contributed by atoms with Crippen LogP contribution >= 0.6 is 11.3 Å². The molecular weight excluding hydrogens is 244 g/mol. The molecule has 0 aliphatic carbocycles. The van der Waals surface area contributed by atoms with Crippen LogP contribution in [0.1, 0.15) is 25.3 Å². The lowest BCUT2D eigenvalue weighted by atomic mass is 10.1. The third-order valence-corrected chi connectivity index (χ3v) is 3.66. The number of aromatic nitrogens is 1. The molecule has 1 heterocycles. The Labute approximate surface area is 112 Å². The molecule has 0 amide bonds. The molecule has 18 heavy (non-hydrogen) atoms. The number of rotatable bonds is 6. The van der Waals surface area contributed by atoms with E-state index in [1.807, 2.05) is 12.1 Å². The van der Waals surface area contributed by atoms with Gasteiger partial charge < -0.3 is 10.5 Å². The third-order valence-electron chi connectivity index (χ3n) is 2.62. The molecule has 4 heteroatoms. The van der Waals surface area contributed by atoms with Crippen molar-refractivity contribution in [2.75, 3.05) is 13.2 Å². The van der Waals surface area contributed by atoms with Crippen molar-refractivity contribution in [1.82, 2.24) is 4.98 Å². The Bertz CT molecular complexity index is 507. The van der Waals surface area contributed by atoms with Crippen LogP contribution < -0.4 is 10.5 Å². The van der Waals surface area contributed by atoms with Gasteiger partial charge in [0, 0.05) is 6.42 Å². The lowest BCUT2D eigenvalue weighted by Gasteiger charge is -2.05. The van der Waals surface area contributed by atoms with E-state index in [-0.39, 0.29) is 0 Å². The highest BCUT2D eigenvalue weighted by Gasteiger charge is 2.09. The summed E-state index contributed by atoms with van der Waals surface area (Å²) in [5, 5.41) is 1.19. The Hall–Kier alpha value is -1.13. The van der Waals surface area contributed by atoms with Crippen LogP contribution in [0.5, 0.6) is 5.75 Å². The Morgan fingerprint density at radius 1 is 1.39 bits per heavy atom. The molecule has 0 unspecified atom stereocenters. The van der Waals surface area contributed by atoms with Crippen LogP contribution in [0.4, 0.5) is 0 Å². The van der Waals surface area contributed by atoms with Gasteiger partial charge in [0.05, 0.1) is 16.3 Å². The normalized spacial score (nSPS) is 11.3. The highest BCUT2D eigenvalue weighted by Crippen LogP contribution is 2.30. The molecule has 0 radical (unpaired) electrons. The average molecular weight is 264 g/mol. The first-order chi connectivity index (χ1) is 8.70. The Kier molecular flexibility index (Phi) is 4.55. The molecule has 2 N–H and O–H groups in total. The van der Waals surface area contributed by atoms with Gasteiger partial charge in [-0.3, -0.25) is 0 Å². The van der Waals surface area contributed by atoms with E-state index in [0.717, 1.165) is 24.1 Å². The second-order valence-electron chi connectivity index (χ2n) is 4.80. The van der Waals surface area contributed by atoms with Crippen molar-refractivity contribution >= 4 is 21.6 Å². The zero-order valence-electron chi connectivity index (χ0n) is 11.0. The minimum atomic E-state index is 0.632. The van der Waals surface area contributed by atoms with Gasteiger partial charge in [-0.05, 0) is 31.0 Å². The maximum Gasteiger partial charge on any atom is 0.146 e. The van der Waals surface area contributed by atoms with Crippen molar-refractivity contribution in [3.05, 3.63) is 23.2 Å². The van der Waals surface area contributed by atoms with Gasteiger partial charge in [0.2, 0.25) is 0 Å². The van der Waals surface area contributed by atoms with Crippen molar-refractivity contribution in [2.24, 2.45) is 11.7 Å². The number of para-hydroxylation sites is 1. The lowest BCUT2D eigenvalue weighted by molar-refractivity contribution is 0.316. The molecule has 2 rings (SSSR count). The molecular formula is C14H20N2OS. The summed E-state index contributed by atoms with van der Waals surface area (Å²) in [6.45, 7) is 5.74. The smallest absolute Gasteiger partial charge is 0.146 e. The number of thiazole rings is 1. The Balaban J connectivity index is 2.22. The minimum Gasteiger partial charge on any atom is -0.491 e. The van der Waals surface area contributed by atoms with E-state index in [4.69, 9.17) is 15.5 Å². The zero-order chi connectivity index (χ0) is 13.0. The first-order valence-corrected chi connectivity index (χ1v) is 7.23. The summed E-state index contributed by atoms with van der Waals surface area (Å²) in [7, 11) is 0. The van der Waals surface area contributed by atoms with Gasteiger partial charge in [0.15, 0.2) is 0 Å². The fraction of sp³-hybridized carbons (Fsp3) is 0.500. The van der Waals surface area contributed by atoms with Gasteiger partial charge in [0.1, 0.15) is 11.3 Å². The van der Waals surface area contributed by atoms with Crippen LogP contribution in [-0.2, 0) is 6.42 Å². The minimum absolute atomic E-state index is 0.632. The van der Waals surface area contributed by atoms with Crippen molar-refractivity contribution in [2.45, 2.75) is 26.7 Å². The average Bonchev–Trinajstić information content (AvgIpc) is 2.71. The summed E-state index contributed by atoms with van der Waals surface area (Å²) in [5.74, 6) is 1.51. The van der Waals surface area contributed by atoms with Crippen molar-refractivity contribution in [3.8, 4) is 5.75 Å². The number of fused-ring (bicyclic) bond motifs is 1. The zero-order valence-corrected chi connectivity index (χ0v) is 11.8. The van der Waals surface area contributed by atoms with E-state index in [2.05, 4.69) is 19.9 Å². The summed E-state index contributed by atoms with van der Waals surface area (Å²) in [5.41, 5.74) is 6.47. The number of nitrogens with zero attached hydrogens (tertiary/aromatic N) is 1. The SMILES string of the molecule is CC(C)Cc1nc2c(OCCCN)cccc2s1. The van der Waals surface area contributed by atoms with Gasteiger partial charge in [-0.25, -0.2) is 4.98 Å². The largest absolute Gasteiger partial charge is 0.491 e. The molecule has 3 nitrogen and oxygen atoms in total. The summed E-state index contributed by atoms with van der Waals surface area (Å²) in [6, 6.07) is 6.11. The monoisotopic (exact) mass is 264 g/mol. The van der Waals surface area contributed by atoms with Crippen LogP contribution in [0.3, 0.4) is 0 Å². The molecule has 1 aromatic heterocycles. The van der Waals surface area contributed by atoms with E-state index < -0.39 is 0 Å². The van der Waals surface area contributed by atoms with E-state index in [1.54, 1.807) is 11.3 Å². The van der Waals surface area contributed by atoms with Crippen molar-refractivity contribution in [1.29, 1.82) is 0 Å². The van der Waals surface area contributed by atoms with Crippen LogP contribution in [0.2, 0.25) is 0 Å². The predicted octanol–water partition coefficient (Wildman–Crippen LogP) is 3.22. The fourth-order valence-corrected chi connectivity index (χ4v) is 2.98. The molecule has 0 saturated heterocycles. The first-order valence-electron chi connectivity index (χ1n) is 6.42. The van der Waals surface area contributed by atoms with Crippen molar-refractivity contribution in [3.63, 3.8) is 0 Å². The molecule has 1 aromatic carbocycles. The van der Waals surface area contributed by atoms with Gasteiger partial charge in [-0.15, -0.1) is 11.3 Å². The number of hydrogen-bond acceptors (Lipinski definition) is 4. The molecule has 0 aliphatic heterocycles. The van der Waals surface area contributed by atoms with Gasteiger partial charge in [0.25, 0.3) is 0 Å². The third kappa shape index (κ3) is 3.21. The Morgan fingerprint density at radius 3 is 2.94 bits per heavy atom. The van der Waals surface area contributed by atoms with E-state index >= 15 is 0 Å². The van der Waals surface area contributed by atoms with E-state index in [1.165, 1.54) is 9.71 Å². The van der Waals surface area contributed by atoms with Gasteiger partial charge in [-0.1, -0.05) is 19.9 Å². The topological polar surface area (TPSA) is 48.1 Å². The molecule has 0 atom stereocenters. The summed E-state index contributed by atoms with van der Waals surface area (Å²) in [4.78, 5) is 4.69. The highest BCUT2D eigenvalue weighted by molar-refractivity contribution is 7.18. The van der Waals surface area contributed by atoms with Gasteiger partial charge >= 0.3 is 0 Å². The van der Waals surface area contributed by atoms with Crippen molar-refractivity contribution < 1.29 is 4.74 Å². The number of nitrogens with two attached hydrogens (primary N) is 1. The fourth-order valence-electron chi connectivity index (χ4n) is 1.79. The van der Waals surface area contributed by atoms with E-state index in [0.29, 0.717) is 19.1 Å². The predicted molar refractivity (Wildman–Crippen MR) is 77.3 cm³/mol. The maximum atomic E-state index is 5.74. The van der Waals surface area contributed by atoms with Crippen LogP contribution in [-0.4, -0.2) is 18.1 Å².